The van der Waals surface area contributed by atoms with Gasteiger partial charge in [-0.1, -0.05) is 18.2 Å². The molecule has 3 aromatic rings. The Morgan fingerprint density at radius 2 is 1.77 bits per heavy atom. The third-order valence-electron chi connectivity index (χ3n) is 4.77. The van der Waals surface area contributed by atoms with Crippen molar-refractivity contribution in [1.82, 2.24) is 4.98 Å². The fourth-order valence-corrected chi connectivity index (χ4v) is 3.21. The number of aromatic nitrogens is 1. The summed E-state index contributed by atoms with van der Waals surface area (Å²) in [6.45, 7) is 8.53. The lowest BCUT2D eigenvalue weighted by Gasteiger charge is -2.13. The molecule has 1 amide bonds. The standard InChI is InChI=1S/C25H28N2O3/c1-5-29-18(3)16-21-12-15-23(19(4)26-21)25(28)27-20-10-13-22(14-11-20)30-24-9-7-6-8-17(24)2/h6-15,18H,5,16H2,1-4H3,(H,27,28). The maximum atomic E-state index is 12.7. The molecule has 1 atom stereocenters. The molecule has 0 radical (unpaired) electrons. The van der Waals surface area contributed by atoms with Gasteiger partial charge < -0.3 is 14.8 Å². The summed E-state index contributed by atoms with van der Waals surface area (Å²) < 4.78 is 11.5. The summed E-state index contributed by atoms with van der Waals surface area (Å²) in [5.74, 6) is 1.35. The maximum absolute atomic E-state index is 12.7. The molecular formula is C25H28N2O3. The van der Waals surface area contributed by atoms with Gasteiger partial charge in [0.1, 0.15) is 11.5 Å². The van der Waals surface area contributed by atoms with Gasteiger partial charge >= 0.3 is 0 Å². The van der Waals surface area contributed by atoms with E-state index in [2.05, 4.69) is 10.3 Å². The predicted octanol–water partition coefficient (Wildman–Crippen LogP) is 5.71. The van der Waals surface area contributed by atoms with Crippen molar-refractivity contribution in [3.8, 4) is 11.5 Å². The van der Waals surface area contributed by atoms with Crippen LogP contribution in [0.1, 0.15) is 41.2 Å². The fraction of sp³-hybridized carbons (Fsp3) is 0.280. The second-order valence-corrected chi connectivity index (χ2v) is 7.25. The van der Waals surface area contributed by atoms with E-state index in [0.717, 1.165) is 23.4 Å². The highest BCUT2D eigenvalue weighted by molar-refractivity contribution is 6.05. The number of nitrogens with one attached hydrogen (secondary N) is 1. The third-order valence-corrected chi connectivity index (χ3v) is 4.77. The van der Waals surface area contributed by atoms with Gasteiger partial charge in [0.25, 0.3) is 5.91 Å². The molecule has 1 heterocycles. The van der Waals surface area contributed by atoms with Gasteiger partial charge in [0.2, 0.25) is 0 Å². The molecule has 0 bridgehead atoms. The molecule has 2 aromatic carbocycles. The number of aryl methyl sites for hydroxylation is 2. The number of pyridine rings is 1. The first-order valence-corrected chi connectivity index (χ1v) is 10.2. The highest BCUT2D eigenvalue weighted by Gasteiger charge is 2.13. The van der Waals surface area contributed by atoms with Gasteiger partial charge in [-0.15, -0.1) is 0 Å². The summed E-state index contributed by atoms with van der Waals surface area (Å²) in [7, 11) is 0. The van der Waals surface area contributed by atoms with Crippen LogP contribution in [0.15, 0.2) is 60.7 Å². The number of nitrogens with zero attached hydrogens (tertiary/aromatic N) is 1. The lowest BCUT2D eigenvalue weighted by molar-refractivity contribution is 0.0761. The largest absolute Gasteiger partial charge is 0.457 e. The molecule has 156 valence electrons. The molecule has 3 rings (SSSR count). The van der Waals surface area contributed by atoms with Gasteiger partial charge in [-0.2, -0.15) is 0 Å². The van der Waals surface area contributed by atoms with E-state index in [1.54, 1.807) is 0 Å². The Morgan fingerprint density at radius 1 is 1.03 bits per heavy atom. The van der Waals surface area contributed by atoms with Crippen LogP contribution in [0.25, 0.3) is 0 Å². The number of carbonyl (C=O) groups excluding carboxylic acids is 1. The lowest BCUT2D eigenvalue weighted by atomic mass is 10.1. The Labute approximate surface area is 178 Å². The van der Waals surface area contributed by atoms with Gasteiger partial charge in [0, 0.05) is 24.4 Å². The molecule has 0 fully saturated rings. The monoisotopic (exact) mass is 404 g/mol. The highest BCUT2D eigenvalue weighted by atomic mass is 16.5. The second-order valence-electron chi connectivity index (χ2n) is 7.25. The minimum Gasteiger partial charge on any atom is -0.457 e. The zero-order valence-electron chi connectivity index (χ0n) is 17.9. The van der Waals surface area contributed by atoms with Gasteiger partial charge in [0.05, 0.1) is 17.4 Å². The predicted molar refractivity (Wildman–Crippen MR) is 119 cm³/mol. The molecule has 0 spiro atoms. The fourth-order valence-electron chi connectivity index (χ4n) is 3.21. The van der Waals surface area contributed by atoms with Crippen LogP contribution in [0.3, 0.4) is 0 Å². The molecule has 1 aromatic heterocycles. The summed E-state index contributed by atoms with van der Waals surface area (Å²) in [5, 5.41) is 2.92. The van der Waals surface area contributed by atoms with Crippen molar-refractivity contribution >= 4 is 11.6 Å². The summed E-state index contributed by atoms with van der Waals surface area (Å²) in [6.07, 6.45) is 0.820. The number of hydrogen-bond donors (Lipinski definition) is 1. The van der Waals surface area contributed by atoms with E-state index in [1.165, 1.54) is 0 Å². The van der Waals surface area contributed by atoms with Crippen molar-refractivity contribution < 1.29 is 14.3 Å². The molecule has 1 N–H and O–H groups in total. The van der Waals surface area contributed by atoms with E-state index in [0.29, 0.717) is 29.3 Å². The number of benzene rings is 2. The van der Waals surface area contributed by atoms with Crippen molar-refractivity contribution in [3.05, 3.63) is 83.2 Å². The number of hydrogen-bond acceptors (Lipinski definition) is 4. The van der Waals surface area contributed by atoms with Crippen LogP contribution in [0.5, 0.6) is 11.5 Å². The molecular weight excluding hydrogens is 376 g/mol. The molecule has 1 unspecified atom stereocenters. The average molecular weight is 405 g/mol. The van der Waals surface area contributed by atoms with E-state index in [1.807, 2.05) is 88.4 Å². The molecule has 0 aliphatic rings. The van der Waals surface area contributed by atoms with Crippen LogP contribution in [-0.2, 0) is 11.2 Å². The van der Waals surface area contributed by atoms with E-state index >= 15 is 0 Å². The smallest absolute Gasteiger partial charge is 0.257 e. The van der Waals surface area contributed by atoms with Crippen molar-refractivity contribution in [3.63, 3.8) is 0 Å². The minimum absolute atomic E-state index is 0.0991. The molecule has 5 nitrogen and oxygen atoms in total. The van der Waals surface area contributed by atoms with Crippen LogP contribution in [0.4, 0.5) is 5.69 Å². The maximum Gasteiger partial charge on any atom is 0.257 e. The quantitative estimate of drug-likeness (QED) is 0.522. The Bertz CT molecular complexity index is 1000. The summed E-state index contributed by atoms with van der Waals surface area (Å²) in [6, 6.07) is 18.9. The van der Waals surface area contributed by atoms with Crippen LogP contribution in [-0.4, -0.2) is 23.6 Å². The van der Waals surface area contributed by atoms with E-state index in [9.17, 15) is 4.79 Å². The lowest BCUT2D eigenvalue weighted by Crippen LogP contribution is -2.16. The van der Waals surface area contributed by atoms with Crippen LogP contribution in [0.2, 0.25) is 0 Å². The van der Waals surface area contributed by atoms with Crippen LogP contribution >= 0.6 is 0 Å². The summed E-state index contributed by atoms with van der Waals surface area (Å²) in [4.78, 5) is 17.3. The van der Waals surface area contributed by atoms with E-state index in [4.69, 9.17) is 9.47 Å². The zero-order chi connectivity index (χ0) is 21.5. The molecule has 30 heavy (non-hydrogen) atoms. The van der Waals surface area contributed by atoms with Crippen molar-refractivity contribution in [2.75, 3.05) is 11.9 Å². The number of rotatable bonds is 8. The number of carbonyl (C=O) groups is 1. The van der Waals surface area contributed by atoms with Crippen LogP contribution < -0.4 is 10.1 Å². The first-order valence-electron chi connectivity index (χ1n) is 10.2. The Kier molecular flexibility index (Phi) is 7.20. The zero-order valence-corrected chi connectivity index (χ0v) is 17.9. The number of anilines is 1. The molecule has 0 saturated heterocycles. The first kappa shape index (κ1) is 21.5. The van der Waals surface area contributed by atoms with E-state index in [-0.39, 0.29) is 12.0 Å². The molecule has 0 aliphatic carbocycles. The number of ether oxygens (including phenoxy) is 2. The van der Waals surface area contributed by atoms with Gasteiger partial charge in [0.15, 0.2) is 0 Å². The SMILES string of the molecule is CCOC(C)Cc1ccc(C(=O)Nc2ccc(Oc3ccccc3C)cc2)c(C)n1. The van der Waals surface area contributed by atoms with Crippen molar-refractivity contribution in [2.24, 2.45) is 0 Å². The van der Waals surface area contributed by atoms with Crippen molar-refractivity contribution in [1.29, 1.82) is 0 Å². The highest BCUT2D eigenvalue weighted by Crippen LogP contribution is 2.26. The Morgan fingerprint density at radius 3 is 2.43 bits per heavy atom. The number of amides is 1. The summed E-state index contributed by atoms with van der Waals surface area (Å²) in [5.41, 5.74) is 3.95. The van der Waals surface area contributed by atoms with Crippen molar-refractivity contribution in [2.45, 2.75) is 40.2 Å². The number of para-hydroxylation sites is 1. The van der Waals surface area contributed by atoms with E-state index < -0.39 is 0 Å². The van der Waals surface area contributed by atoms with Gasteiger partial charge in [-0.3, -0.25) is 9.78 Å². The summed E-state index contributed by atoms with van der Waals surface area (Å²) >= 11 is 0. The Hall–Kier alpha value is -3.18. The topological polar surface area (TPSA) is 60.5 Å². The average Bonchev–Trinajstić information content (AvgIpc) is 2.71. The molecule has 0 saturated carbocycles. The van der Waals surface area contributed by atoms with Gasteiger partial charge in [-0.05, 0) is 75.7 Å². The third kappa shape index (κ3) is 5.67. The first-order chi connectivity index (χ1) is 14.5. The molecule has 5 heteroatoms. The minimum atomic E-state index is -0.183. The van der Waals surface area contributed by atoms with Gasteiger partial charge in [-0.25, -0.2) is 0 Å². The second kappa shape index (κ2) is 10.0. The Balaban J connectivity index is 1.63. The normalized spacial score (nSPS) is 11.7. The van der Waals surface area contributed by atoms with Crippen LogP contribution in [0, 0.1) is 13.8 Å². The molecule has 0 aliphatic heterocycles.